The van der Waals surface area contributed by atoms with Gasteiger partial charge in [-0.15, -0.1) is 0 Å². The number of carbonyl (C=O) groups is 2. The lowest BCUT2D eigenvalue weighted by Gasteiger charge is -2.32. The molecule has 1 saturated heterocycles. The lowest BCUT2D eigenvalue weighted by Crippen LogP contribution is -2.53. The van der Waals surface area contributed by atoms with Crippen LogP contribution in [0, 0.1) is 5.92 Å². The van der Waals surface area contributed by atoms with Gasteiger partial charge in [0.2, 0.25) is 0 Å². The van der Waals surface area contributed by atoms with Crippen LogP contribution in [0.25, 0.3) is 0 Å². The number of allylic oxidation sites excluding steroid dienone is 1. The molecule has 2 aromatic carbocycles. The van der Waals surface area contributed by atoms with Gasteiger partial charge in [0.1, 0.15) is 6.10 Å². The summed E-state index contributed by atoms with van der Waals surface area (Å²) in [7, 11) is 5.08. The van der Waals surface area contributed by atoms with Crippen molar-refractivity contribution in [1.29, 1.82) is 0 Å². The Labute approximate surface area is 307 Å². The Hall–Kier alpha value is -3.58. The Bertz CT molecular complexity index is 1660. The number of hydrogen-bond donors (Lipinski definition) is 2. The third kappa shape index (κ3) is 9.80. The van der Waals surface area contributed by atoms with Crippen LogP contribution < -0.4 is 14.8 Å². The molecule has 1 unspecified atom stereocenters. The molecular weight excluding hydrogens is 701 g/mol. The smallest absolute Gasteiger partial charge is 0.344 e. The quantitative estimate of drug-likeness (QED) is 0.119. The molecule has 1 fully saturated rings. The van der Waals surface area contributed by atoms with Crippen LogP contribution in [-0.2, 0) is 31.0 Å². The third-order valence-corrected chi connectivity index (χ3v) is 10.2. The summed E-state index contributed by atoms with van der Waals surface area (Å²) in [6.07, 6.45) is 4.99. The number of carbonyl (C=O) groups excluding carboxylic acids is 2. The van der Waals surface area contributed by atoms with Crippen molar-refractivity contribution in [2.75, 3.05) is 54.1 Å². The van der Waals surface area contributed by atoms with E-state index >= 15 is 0 Å². The van der Waals surface area contributed by atoms with Crippen LogP contribution in [0.15, 0.2) is 83.4 Å². The minimum atomic E-state index is -1.54. The molecule has 0 aliphatic carbocycles. The molecule has 1 aromatic heterocycles. The molecule has 1 aliphatic rings. The predicted octanol–water partition coefficient (Wildman–Crippen LogP) is 6.36. The molecule has 0 amide bonds. The molecule has 3 aromatic rings. The maximum atomic E-state index is 13.7. The van der Waals surface area contributed by atoms with Gasteiger partial charge >= 0.3 is 11.9 Å². The second-order valence-corrected chi connectivity index (χ2v) is 13.9. The van der Waals surface area contributed by atoms with Gasteiger partial charge in [0.25, 0.3) is 0 Å². The maximum Gasteiger partial charge on any atom is 0.344 e. The van der Waals surface area contributed by atoms with Crippen LogP contribution in [0.1, 0.15) is 36.1 Å². The van der Waals surface area contributed by atoms with Gasteiger partial charge in [0.05, 0.1) is 42.4 Å². The van der Waals surface area contributed by atoms with Crippen LogP contribution in [0.3, 0.4) is 0 Å². The zero-order valence-electron chi connectivity index (χ0n) is 28.6. The molecule has 13 heteroatoms. The number of nitrogens with one attached hydrogen (secondary N) is 1. The Morgan fingerprint density at radius 3 is 2.44 bits per heavy atom. The van der Waals surface area contributed by atoms with E-state index in [4.69, 9.17) is 42.1 Å². The average molecular weight is 745 g/mol. The van der Waals surface area contributed by atoms with Crippen molar-refractivity contribution in [2.45, 2.75) is 31.4 Å². The first-order valence-electron chi connectivity index (χ1n) is 16.0. The highest BCUT2D eigenvalue weighted by molar-refractivity contribution is 8.07. The monoisotopic (exact) mass is 743 g/mol. The number of aliphatic hydroxyl groups is 1. The molecule has 2 heterocycles. The number of likely N-dealkylation sites (tertiary alicyclic amines) is 1. The summed E-state index contributed by atoms with van der Waals surface area (Å²) in [4.78, 5) is 34.3. The topological polar surface area (TPSA) is 119 Å². The highest BCUT2D eigenvalue weighted by Gasteiger charge is 2.42. The second-order valence-electron chi connectivity index (χ2n) is 11.9. The number of aliphatic hydroxyl groups excluding tert-OH is 1. The van der Waals surface area contributed by atoms with Crippen LogP contribution >= 0.6 is 35.0 Å². The second kappa shape index (κ2) is 18.6. The van der Waals surface area contributed by atoms with Crippen LogP contribution in [0.2, 0.25) is 10.0 Å². The lowest BCUT2D eigenvalue weighted by molar-refractivity contribution is -0.155. The van der Waals surface area contributed by atoms with Gasteiger partial charge in [-0.3, -0.25) is 10.3 Å². The van der Waals surface area contributed by atoms with Gasteiger partial charge in [0, 0.05) is 37.8 Å². The summed E-state index contributed by atoms with van der Waals surface area (Å²) >= 11 is 14.0. The number of thioether (sulfide) groups is 1. The third-order valence-electron chi connectivity index (χ3n) is 8.53. The maximum absolute atomic E-state index is 13.7. The van der Waals surface area contributed by atoms with Crippen molar-refractivity contribution >= 4 is 46.9 Å². The first kappa shape index (κ1) is 39.2. The van der Waals surface area contributed by atoms with E-state index in [0.717, 1.165) is 31.3 Å². The molecule has 50 heavy (non-hydrogen) atoms. The molecular formula is C37H43Cl2N3O7S. The predicted molar refractivity (Wildman–Crippen MR) is 197 cm³/mol. The Morgan fingerprint density at radius 2 is 1.84 bits per heavy atom. The van der Waals surface area contributed by atoms with Gasteiger partial charge in [-0.1, -0.05) is 84.0 Å². The summed E-state index contributed by atoms with van der Waals surface area (Å²) in [5, 5.41) is 14.6. The largest absolute Gasteiger partial charge is 0.493 e. The van der Waals surface area contributed by atoms with E-state index in [1.165, 1.54) is 26.6 Å². The summed E-state index contributed by atoms with van der Waals surface area (Å²) in [5.74, 6) is -0.0663. The highest BCUT2D eigenvalue weighted by atomic mass is 35.5. The molecule has 10 nitrogen and oxygen atoms in total. The fourth-order valence-electron chi connectivity index (χ4n) is 5.63. The number of hydrogen-bond acceptors (Lipinski definition) is 11. The van der Waals surface area contributed by atoms with Gasteiger partial charge < -0.3 is 29.0 Å². The number of esters is 2. The molecule has 268 valence electrons. The molecule has 0 spiro atoms. The molecule has 0 radical (unpaired) electrons. The standard InChI is InChI=1S/C37H43Cl2N3O7S/c1-6-28(18-41-37(23-43,27-10-8-7-9-11-27)36(45)48-22-25-14-15-42(3)21-25)50-24(2)35(44)49-33(17-29-30(38)19-40-20-31(29)39)26-12-13-32(46-4)34(16-26)47-5/h6-13,16,19-20,25,33,41,43H,2,14-15,17-18,21-23H2,1,3-5H3/b28-6-/t25-,33-,37?/m0/s1. The zero-order chi connectivity index (χ0) is 36.3. The fourth-order valence-corrected chi connectivity index (χ4v) is 6.86. The number of pyridine rings is 1. The zero-order valence-corrected chi connectivity index (χ0v) is 30.9. The van der Waals surface area contributed by atoms with Crippen molar-refractivity contribution in [3.63, 3.8) is 0 Å². The van der Waals surface area contributed by atoms with Gasteiger partial charge in [-0.2, -0.15) is 0 Å². The molecule has 3 atom stereocenters. The molecule has 4 rings (SSSR count). The van der Waals surface area contributed by atoms with Gasteiger partial charge in [-0.25, -0.2) is 9.59 Å². The molecule has 0 saturated carbocycles. The summed E-state index contributed by atoms with van der Waals surface area (Å²) < 4.78 is 22.7. The van der Waals surface area contributed by atoms with E-state index in [1.807, 2.05) is 13.1 Å². The van der Waals surface area contributed by atoms with E-state index in [0.29, 0.717) is 43.1 Å². The van der Waals surface area contributed by atoms with Crippen molar-refractivity contribution in [3.05, 3.63) is 110 Å². The number of benzene rings is 2. The van der Waals surface area contributed by atoms with Gasteiger partial charge in [-0.05, 0) is 60.7 Å². The number of aromatic nitrogens is 1. The number of halogens is 2. The first-order valence-corrected chi connectivity index (χ1v) is 17.6. The summed E-state index contributed by atoms with van der Waals surface area (Å²) in [6, 6.07) is 14.2. The lowest BCUT2D eigenvalue weighted by atomic mass is 9.90. The fraction of sp³-hybridized carbons (Fsp3) is 0.378. The summed E-state index contributed by atoms with van der Waals surface area (Å²) in [5.41, 5.74) is 0.190. The minimum absolute atomic E-state index is 0.0968. The van der Waals surface area contributed by atoms with Crippen molar-refractivity contribution in [1.82, 2.24) is 15.2 Å². The van der Waals surface area contributed by atoms with Crippen LogP contribution in [0.4, 0.5) is 0 Å². The number of nitrogens with zero attached hydrogens (tertiary/aromatic N) is 2. The SMILES string of the molecule is C=C(S/C(=C\C)CNC(CO)(C(=O)OC[C@H]1CCN(C)C1)c1ccccc1)C(=O)O[C@@H](Cc1c(Cl)cncc1Cl)c1ccc(OC)c(OC)c1. The van der Waals surface area contributed by atoms with E-state index in [-0.39, 0.29) is 30.4 Å². The Morgan fingerprint density at radius 1 is 1.14 bits per heavy atom. The van der Waals surface area contributed by atoms with Crippen molar-refractivity contribution in [2.24, 2.45) is 5.92 Å². The van der Waals surface area contributed by atoms with Crippen molar-refractivity contribution < 1.29 is 33.6 Å². The van der Waals surface area contributed by atoms with E-state index in [1.54, 1.807) is 55.5 Å². The Kier molecular flexibility index (Phi) is 14.6. The minimum Gasteiger partial charge on any atom is -0.493 e. The highest BCUT2D eigenvalue weighted by Crippen LogP contribution is 2.37. The van der Waals surface area contributed by atoms with E-state index in [9.17, 15) is 14.7 Å². The van der Waals surface area contributed by atoms with E-state index in [2.05, 4.69) is 21.8 Å². The van der Waals surface area contributed by atoms with Gasteiger partial charge in [0.15, 0.2) is 17.0 Å². The van der Waals surface area contributed by atoms with Crippen LogP contribution in [-0.4, -0.2) is 81.0 Å². The normalized spacial score (nSPS) is 16.7. The molecule has 0 bridgehead atoms. The number of ether oxygens (including phenoxy) is 4. The number of rotatable bonds is 17. The Balaban J connectivity index is 1.50. The first-order chi connectivity index (χ1) is 24.0. The molecule has 1 aliphatic heterocycles. The summed E-state index contributed by atoms with van der Waals surface area (Å²) in [6.45, 7) is 7.41. The average Bonchev–Trinajstić information content (AvgIpc) is 3.56. The molecule has 2 N–H and O–H groups in total. The van der Waals surface area contributed by atoms with Crippen molar-refractivity contribution in [3.8, 4) is 11.5 Å². The number of methoxy groups -OCH3 is 2. The van der Waals surface area contributed by atoms with Crippen LogP contribution in [0.5, 0.6) is 11.5 Å². The van der Waals surface area contributed by atoms with E-state index < -0.39 is 30.2 Å².